The SMILES string of the molecule is CC1CCC(C(=O)Nc2ccc(-c3cnc(-c4ccc(NC(=O)c5c(F)c(F)c(F)c(F)c5F)cc4)[nH]3)cc2)CC1. The van der Waals surface area contributed by atoms with Gasteiger partial charge in [-0.15, -0.1) is 0 Å². The first kappa shape index (κ1) is 28.0. The van der Waals surface area contributed by atoms with Gasteiger partial charge in [0.05, 0.1) is 11.9 Å². The van der Waals surface area contributed by atoms with Crippen LogP contribution in [0, 0.1) is 40.9 Å². The Morgan fingerprint density at radius 2 is 1.24 bits per heavy atom. The van der Waals surface area contributed by atoms with Crippen LogP contribution in [0.2, 0.25) is 0 Å². The van der Waals surface area contributed by atoms with E-state index in [0.29, 0.717) is 28.7 Å². The Bertz CT molecular complexity index is 1570. The number of nitrogens with one attached hydrogen (secondary N) is 3. The minimum atomic E-state index is -2.34. The van der Waals surface area contributed by atoms with Crippen LogP contribution in [-0.2, 0) is 4.79 Å². The molecule has 0 spiro atoms. The quantitative estimate of drug-likeness (QED) is 0.128. The number of anilines is 2. The number of carbonyl (C=O) groups excluding carboxylic acids is 2. The van der Waals surface area contributed by atoms with Gasteiger partial charge in [0.2, 0.25) is 11.7 Å². The fourth-order valence-electron chi connectivity index (χ4n) is 4.82. The average Bonchev–Trinajstić information content (AvgIpc) is 3.47. The van der Waals surface area contributed by atoms with E-state index < -0.39 is 40.6 Å². The highest BCUT2D eigenvalue weighted by Gasteiger charge is 2.30. The molecule has 2 amide bonds. The van der Waals surface area contributed by atoms with Crippen LogP contribution in [0.4, 0.5) is 33.3 Å². The van der Waals surface area contributed by atoms with Crippen molar-refractivity contribution in [3.63, 3.8) is 0 Å². The number of aromatic nitrogens is 2. The standard InChI is InChI=1S/C30H25F5N4O2/c1-15-2-4-18(5-3-15)29(40)37-19-10-6-16(7-11-19)21-14-36-28(39-21)17-8-12-20(13-9-17)38-30(41)22-23(31)25(33)27(35)26(34)24(22)32/h6-15,18H,2-5H2,1H3,(H,36,39)(H,37,40)(H,38,41). The van der Waals surface area contributed by atoms with E-state index >= 15 is 0 Å². The summed E-state index contributed by atoms with van der Waals surface area (Å²) in [7, 11) is 0. The maximum Gasteiger partial charge on any atom is 0.261 e. The summed E-state index contributed by atoms with van der Waals surface area (Å²) in [4.78, 5) is 32.4. The highest BCUT2D eigenvalue weighted by molar-refractivity contribution is 6.04. The highest BCUT2D eigenvalue weighted by Crippen LogP contribution is 2.30. The Balaban J connectivity index is 1.23. The minimum absolute atomic E-state index is 0.0389. The monoisotopic (exact) mass is 568 g/mol. The third-order valence-electron chi connectivity index (χ3n) is 7.28. The van der Waals surface area contributed by atoms with Crippen LogP contribution < -0.4 is 10.6 Å². The summed E-state index contributed by atoms with van der Waals surface area (Å²) in [5, 5.41) is 5.12. The average molecular weight is 569 g/mol. The molecule has 0 bridgehead atoms. The van der Waals surface area contributed by atoms with Crippen molar-refractivity contribution in [1.29, 1.82) is 0 Å². The van der Waals surface area contributed by atoms with Crippen molar-refractivity contribution in [3.05, 3.63) is 89.4 Å². The van der Waals surface area contributed by atoms with Crippen molar-refractivity contribution in [2.75, 3.05) is 10.6 Å². The first-order chi connectivity index (χ1) is 19.6. The molecule has 212 valence electrons. The number of hydrogen-bond donors (Lipinski definition) is 3. The van der Waals surface area contributed by atoms with E-state index in [1.165, 1.54) is 12.1 Å². The van der Waals surface area contributed by atoms with Crippen LogP contribution in [-0.4, -0.2) is 21.8 Å². The van der Waals surface area contributed by atoms with Crippen molar-refractivity contribution in [1.82, 2.24) is 9.97 Å². The molecule has 1 heterocycles. The lowest BCUT2D eigenvalue weighted by Crippen LogP contribution is -2.26. The van der Waals surface area contributed by atoms with E-state index in [4.69, 9.17) is 0 Å². The third kappa shape index (κ3) is 5.84. The lowest BCUT2D eigenvalue weighted by molar-refractivity contribution is -0.121. The molecule has 1 aliphatic rings. The van der Waals surface area contributed by atoms with E-state index in [1.54, 1.807) is 18.3 Å². The van der Waals surface area contributed by atoms with Gasteiger partial charge in [0, 0.05) is 22.9 Å². The second-order valence-electron chi connectivity index (χ2n) is 10.1. The number of benzene rings is 3. The van der Waals surface area contributed by atoms with Gasteiger partial charge in [-0.05, 0) is 73.6 Å². The van der Waals surface area contributed by atoms with E-state index in [2.05, 4.69) is 27.5 Å². The normalized spacial score (nSPS) is 16.8. The number of carbonyl (C=O) groups is 2. The smallest absolute Gasteiger partial charge is 0.261 e. The number of rotatable bonds is 6. The van der Waals surface area contributed by atoms with Gasteiger partial charge in [0.25, 0.3) is 5.91 Å². The minimum Gasteiger partial charge on any atom is -0.338 e. The molecule has 1 aromatic heterocycles. The summed E-state index contributed by atoms with van der Waals surface area (Å²) in [5.41, 5.74) is 1.35. The van der Waals surface area contributed by atoms with E-state index in [0.717, 1.165) is 31.2 Å². The van der Waals surface area contributed by atoms with Crippen LogP contribution in [0.15, 0.2) is 54.7 Å². The summed E-state index contributed by atoms with van der Waals surface area (Å²) in [6.07, 6.45) is 5.57. The van der Waals surface area contributed by atoms with Crippen molar-refractivity contribution in [2.45, 2.75) is 32.6 Å². The summed E-state index contributed by atoms with van der Waals surface area (Å²) < 4.78 is 68.0. The van der Waals surface area contributed by atoms with Crippen LogP contribution in [0.5, 0.6) is 0 Å². The highest BCUT2D eigenvalue weighted by atomic mass is 19.2. The Morgan fingerprint density at radius 1 is 0.732 bits per heavy atom. The maximum atomic E-state index is 13.9. The number of hydrogen-bond acceptors (Lipinski definition) is 3. The first-order valence-corrected chi connectivity index (χ1v) is 13.0. The topological polar surface area (TPSA) is 86.9 Å². The largest absolute Gasteiger partial charge is 0.338 e. The van der Waals surface area contributed by atoms with Crippen molar-refractivity contribution in [3.8, 4) is 22.6 Å². The number of amides is 2. The maximum absolute atomic E-state index is 13.9. The van der Waals surface area contributed by atoms with Gasteiger partial charge in [-0.1, -0.05) is 19.1 Å². The van der Waals surface area contributed by atoms with E-state index in [-0.39, 0.29) is 17.5 Å². The molecular weight excluding hydrogens is 543 g/mol. The second-order valence-corrected chi connectivity index (χ2v) is 10.1. The zero-order valence-corrected chi connectivity index (χ0v) is 21.8. The molecule has 3 N–H and O–H groups in total. The molecule has 4 aromatic rings. The molecule has 0 radical (unpaired) electrons. The Labute approximate surface area is 232 Å². The molecule has 41 heavy (non-hydrogen) atoms. The molecule has 3 aromatic carbocycles. The van der Waals surface area contributed by atoms with Gasteiger partial charge in [-0.3, -0.25) is 9.59 Å². The molecule has 11 heteroatoms. The molecule has 0 atom stereocenters. The number of aromatic amines is 1. The molecule has 6 nitrogen and oxygen atoms in total. The number of imidazole rings is 1. The zero-order valence-electron chi connectivity index (χ0n) is 21.8. The Hall–Kier alpha value is -4.54. The second kappa shape index (κ2) is 11.5. The molecule has 0 unspecified atom stereocenters. The summed E-state index contributed by atoms with van der Waals surface area (Å²) in [5.74, 6) is -11.4. The van der Waals surface area contributed by atoms with Crippen LogP contribution in [0.25, 0.3) is 22.6 Å². The number of halogens is 5. The van der Waals surface area contributed by atoms with Crippen molar-refractivity contribution < 1.29 is 31.5 Å². The zero-order chi connectivity index (χ0) is 29.3. The lowest BCUT2D eigenvalue weighted by Gasteiger charge is -2.25. The Morgan fingerprint density at radius 3 is 1.83 bits per heavy atom. The van der Waals surface area contributed by atoms with Crippen LogP contribution >= 0.6 is 0 Å². The fraction of sp³-hybridized carbons (Fsp3) is 0.233. The van der Waals surface area contributed by atoms with Gasteiger partial charge in [-0.25, -0.2) is 26.9 Å². The molecule has 1 fully saturated rings. The predicted molar refractivity (Wildman–Crippen MR) is 143 cm³/mol. The molecule has 0 saturated heterocycles. The van der Waals surface area contributed by atoms with Gasteiger partial charge in [0.1, 0.15) is 11.4 Å². The molecule has 1 saturated carbocycles. The third-order valence-corrected chi connectivity index (χ3v) is 7.28. The van der Waals surface area contributed by atoms with Crippen molar-refractivity contribution >= 4 is 23.2 Å². The van der Waals surface area contributed by atoms with Gasteiger partial charge < -0.3 is 15.6 Å². The fourth-order valence-corrected chi connectivity index (χ4v) is 4.82. The number of nitrogens with zero attached hydrogens (tertiary/aromatic N) is 1. The number of H-pyrrole nitrogens is 1. The molecule has 0 aliphatic heterocycles. The summed E-state index contributed by atoms with van der Waals surface area (Å²) >= 11 is 0. The van der Waals surface area contributed by atoms with Gasteiger partial charge in [-0.2, -0.15) is 0 Å². The lowest BCUT2D eigenvalue weighted by atomic mass is 9.82. The predicted octanol–water partition coefficient (Wildman–Crippen LogP) is 7.46. The van der Waals surface area contributed by atoms with Gasteiger partial charge in [0.15, 0.2) is 23.3 Å². The van der Waals surface area contributed by atoms with E-state index in [1.807, 2.05) is 24.3 Å². The molecule has 5 rings (SSSR count). The molecule has 1 aliphatic carbocycles. The molecular formula is C30H25F5N4O2. The van der Waals surface area contributed by atoms with Crippen molar-refractivity contribution in [2.24, 2.45) is 11.8 Å². The summed E-state index contributed by atoms with van der Waals surface area (Å²) in [6.45, 7) is 2.21. The Kier molecular flexibility index (Phi) is 7.87. The van der Waals surface area contributed by atoms with Gasteiger partial charge >= 0.3 is 0 Å². The summed E-state index contributed by atoms with van der Waals surface area (Å²) in [6, 6.07) is 13.3. The van der Waals surface area contributed by atoms with E-state index in [9.17, 15) is 31.5 Å². The van der Waals surface area contributed by atoms with Crippen LogP contribution in [0.3, 0.4) is 0 Å². The van der Waals surface area contributed by atoms with Crippen LogP contribution in [0.1, 0.15) is 43.0 Å². The first-order valence-electron chi connectivity index (χ1n) is 13.0.